The molecule has 0 fully saturated rings. The number of rotatable bonds is 4. The van der Waals surface area contributed by atoms with E-state index in [1.54, 1.807) is 24.3 Å². The van der Waals surface area contributed by atoms with Crippen molar-refractivity contribution in [3.8, 4) is 5.75 Å². The molecule has 5 heteroatoms. The minimum absolute atomic E-state index is 0.372. The number of carboxylic acids is 1. The lowest BCUT2D eigenvalue weighted by molar-refractivity contribution is -0.303. The molecule has 0 atom stereocenters. The van der Waals surface area contributed by atoms with Gasteiger partial charge in [-0.1, -0.05) is 0 Å². The van der Waals surface area contributed by atoms with Crippen molar-refractivity contribution in [1.29, 1.82) is 0 Å². The maximum absolute atomic E-state index is 11.3. The molecule has 0 aliphatic rings. The van der Waals surface area contributed by atoms with Crippen molar-refractivity contribution in [2.75, 3.05) is 13.7 Å². The van der Waals surface area contributed by atoms with Crippen molar-refractivity contribution in [1.82, 2.24) is 5.32 Å². The van der Waals surface area contributed by atoms with E-state index in [0.29, 0.717) is 11.3 Å². The number of hydrogen-bond acceptors (Lipinski definition) is 4. The summed E-state index contributed by atoms with van der Waals surface area (Å²) in [6, 6.07) is 6.33. The summed E-state index contributed by atoms with van der Waals surface area (Å²) in [5, 5.41) is 12.3. The average molecular weight is 208 g/mol. The van der Waals surface area contributed by atoms with E-state index in [9.17, 15) is 14.7 Å². The number of amides is 1. The number of aliphatic carboxylic acids is 1. The van der Waals surface area contributed by atoms with Gasteiger partial charge in [0.25, 0.3) is 5.91 Å². The molecule has 80 valence electrons. The standard InChI is InChI=1S/C10H11NO4/c1-15-8-4-2-7(3-5-8)10(14)11-6-9(12)13/h2-5H,6H2,1H3,(H,11,14)(H,12,13)/p-1. The third kappa shape index (κ3) is 3.30. The van der Waals surface area contributed by atoms with Crippen LogP contribution in [0.3, 0.4) is 0 Å². The minimum Gasteiger partial charge on any atom is -0.548 e. The summed E-state index contributed by atoms with van der Waals surface area (Å²) in [6.45, 7) is -0.495. The maximum Gasteiger partial charge on any atom is 0.251 e. The Labute approximate surface area is 86.7 Å². The summed E-state index contributed by atoms with van der Waals surface area (Å²) in [5.74, 6) is -1.15. The molecule has 0 radical (unpaired) electrons. The van der Waals surface area contributed by atoms with Crippen LogP contribution in [-0.4, -0.2) is 25.5 Å². The molecule has 0 aliphatic heterocycles. The van der Waals surface area contributed by atoms with E-state index in [1.165, 1.54) is 7.11 Å². The van der Waals surface area contributed by atoms with Gasteiger partial charge in [-0.25, -0.2) is 0 Å². The summed E-state index contributed by atoms with van der Waals surface area (Å²) in [6.07, 6.45) is 0. The van der Waals surface area contributed by atoms with Gasteiger partial charge in [0, 0.05) is 5.56 Å². The molecular formula is C10H10NO4-. The Morgan fingerprint density at radius 2 is 1.93 bits per heavy atom. The number of nitrogens with one attached hydrogen (secondary N) is 1. The first-order valence-electron chi connectivity index (χ1n) is 4.25. The zero-order valence-corrected chi connectivity index (χ0v) is 8.15. The molecule has 1 aromatic rings. The number of methoxy groups -OCH3 is 1. The smallest absolute Gasteiger partial charge is 0.251 e. The van der Waals surface area contributed by atoms with E-state index in [1.807, 2.05) is 0 Å². The lowest BCUT2D eigenvalue weighted by Gasteiger charge is -2.06. The predicted octanol–water partition coefficient (Wildman–Crippen LogP) is -0.825. The van der Waals surface area contributed by atoms with Gasteiger partial charge in [-0.15, -0.1) is 0 Å². The maximum atomic E-state index is 11.3. The molecule has 5 nitrogen and oxygen atoms in total. The number of carboxylic acid groups (broad SMARTS) is 1. The SMILES string of the molecule is COc1ccc(C(=O)NCC(=O)[O-])cc1. The highest BCUT2D eigenvalue weighted by Crippen LogP contribution is 2.10. The van der Waals surface area contributed by atoms with E-state index in [4.69, 9.17) is 4.74 Å². The molecule has 0 heterocycles. The van der Waals surface area contributed by atoms with Crippen LogP contribution >= 0.6 is 0 Å². The largest absolute Gasteiger partial charge is 0.548 e. The molecule has 1 aromatic carbocycles. The van der Waals surface area contributed by atoms with Gasteiger partial charge in [-0.3, -0.25) is 4.79 Å². The van der Waals surface area contributed by atoms with Crippen LogP contribution in [0, 0.1) is 0 Å². The van der Waals surface area contributed by atoms with Crippen LogP contribution in [0.1, 0.15) is 10.4 Å². The Hall–Kier alpha value is -2.04. The molecule has 0 saturated carbocycles. The summed E-state index contributed by atoms with van der Waals surface area (Å²) >= 11 is 0. The molecule has 0 aliphatic carbocycles. The lowest BCUT2D eigenvalue weighted by Crippen LogP contribution is -2.37. The Morgan fingerprint density at radius 3 is 2.40 bits per heavy atom. The minimum atomic E-state index is -1.32. The van der Waals surface area contributed by atoms with Gasteiger partial charge in [-0.05, 0) is 24.3 Å². The summed E-state index contributed by atoms with van der Waals surface area (Å²) in [7, 11) is 1.52. The number of ether oxygens (including phenoxy) is 1. The molecule has 1 amide bonds. The first-order valence-corrected chi connectivity index (χ1v) is 4.25. The van der Waals surface area contributed by atoms with Crippen LogP contribution in [0.25, 0.3) is 0 Å². The van der Waals surface area contributed by atoms with Crippen molar-refractivity contribution in [2.24, 2.45) is 0 Å². The van der Waals surface area contributed by atoms with Crippen molar-refractivity contribution in [3.05, 3.63) is 29.8 Å². The highest BCUT2D eigenvalue weighted by molar-refractivity contribution is 5.95. The van der Waals surface area contributed by atoms with Crippen LogP contribution in [0.2, 0.25) is 0 Å². The molecule has 0 spiro atoms. The van der Waals surface area contributed by atoms with E-state index in [2.05, 4.69) is 5.32 Å². The Kier molecular flexibility index (Phi) is 3.68. The van der Waals surface area contributed by atoms with Gasteiger partial charge >= 0.3 is 0 Å². The van der Waals surface area contributed by atoms with Gasteiger partial charge in [0.05, 0.1) is 19.6 Å². The molecular weight excluding hydrogens is 198 g/mol. The molecule has 1 N–H and O–H groups in total. The topological polar surface area (TPSA) is 78.5 Å². The second-order valence-electron chi connectivity index (χ2n) is 2.78. The Balaban J connectivity index is 2.62. The van der Waals surface area contributed by atoms with Gasteiger partial charge in [0.1, 0.15) is 5.75 Å². The summed E-state index contributed by atoms with van der Waals surface area (Å²) in [5.41, 5.74) is 0.372. The zero-order valence-electron chi connectivity index (χ0n) is 8.15. The van der Waals surface area contributed by atoms with Gasteiger partial charge < -0.3 is 20.0 Å². The van der Waals surface area contributed by atoms with Crippen molar-refractivity contribution in [3.63, 3.8) is 0 Å². The Morgan fingerprint density at radius 1 is 1.33 bits per heavy atom. The lowest BCUT2D eigenvalue weighted by atomic mass is 10.2. The second-order valence-corrected chi connectivity index (χ2v) is 2.78. The fourth-order valence-corrected chi connectivity index (χ4v) is 0.997. The van der Waals surface area contributed by atoms with Crippen molar-refractivity contribution < 1.29 is 19.4 Å². The van der Waals surface area contributed by atoms with E-state index in [0.717, 1.165) is 0 Å². The predicted molar refractivity (Wildman–Crippen MR) is 50.3 cm³/mol. The third-order valence-electron chi connectivity index (χ3n) is 1.75. The molecule has 0 unspecified atom stereocenters. The zero-order chi connectivity index (χ0) is 11.3. The number of hydrogen-bond donors (Lipinski definition) is 1. The first-order chi connectivity index (χ1) is 7.13. The van der Waals surface area contributed by atoms with Crippen molar-refractivity contribution in [2.45, 2.75) is 0 Å². The number of benzene rings is 1. The highest BCUT2D eigenvalue weighted by atomic mass is 16.5. The van der Waals surface area contributed by atoms with Gasteiger partial charge in [0.2, 0.25) is 0 Å². The van der Waals surface area contributed by atoms with E-state index < -0.39 is 18.4 Å². The Bertz CT molecular complexity index is 358. The molecule has 15 heavy (non-hydrogen) atoms. The average Bonchev–Trinajstić information content (AvgIpc) is 2.26. The van der Waals surface area contributed by atoms with Crippen LogP contribution in [0.15, 0.2) is 24.3 Å². The first kappa shape index (κ1) is 11.0. The van der Waals surface area contributed by atoms with Crippen LogP contribution in [-0.2, 0) is 4.79 Å². The monoisotopic (exact) mass is 208 g/mol. The summed E-state index contributed by atoms with van der Waals surface area (Å²) < 4.78 is 4.91. The number of carbonyl (C=O) groups is 2. The van der Waals surface area contributed by atoms with Crippen LogP contribution in [0.4, 0.5) is 0 Å². The van der Waals surface area contributed by atoms with Gasteiger partial charge in [-0.2, -0.15) is 0 Å². The molecule has 0 aromatic heterocycles. The fraction of sp³-hybridized carbons (Fsp3) is 0.200. The third-order valence-corrected chi connectivity index (χ3v) is 1.75. The van der Waals surface area contributed by atoms with E-state index in [-0.39, 0.29) is 0 Å². The fourth-order valence-electron chi connectivity index (χ4n) is 0.997. The molecule has 0 bridgehead atoms. The quantitative estimate of drug-likeness (QED) is 0.700. The van der Waals surface area contributed by atoms with E-state index >= 15 is 0 Å². The molecule has 1 rings (SSSR count). The number of carbonyl (C=O) groups excluding carboxylic acids is 2. The van der Waals surface area contributed by atoms with Crippen molar-refractivity contribution >= 4 is 11.9 Å². The molecule has 0 saturated heterocycles. The second kappa shape index (κ2) is 4.99. The normalized spacial score (nSPS) is 9.40. The summed E-state index contributed by atoms with van der Waals surface area (Å²) in [4.78, 5) is 21.4. The van der Waals surface area contributed by atoms with Crippen LogP contribution in [0.5, 0.6) is 5.75 Å². The van der Waals surface area contributed by atoms with Gasteiger partial charge in [0.15, 0.2) is 0 Å². The highest BCUT2D eigenvalue weighted by Gasteiger charge is 2.04. The van der Waals surface area contributed by atoms with Crippen LogP contribution < -0.4 is 15.2 Å².